The normalized spacial score (nSPS) is 12.9. The van der Waals surface area contributed by atoms with E-state index < -0.39 is 0 Å². The number of nitrogens with zero attached hydrogens (tertiary/aromatic N) is 1. The Hall–Kier alpha value is -0.220. The first-order valence-electron chi connectivity index (χ1n) is 5.94. The van der Waals surface area contributed by atoms with Crippen molar-refractivity contribution in [1.29, 1.82) is 0 Å². The zero-order valence-corrected chi connectivity index (χ0v) is 11.8. The van der Waals surface area contributed by atoms with E-state index in [0.29, 0.717) is 24.8 Å². The maximum absolute atomic E-state index is 11.9. The van der Waals surface area contributed by atoms with Gasteiger partial charge in [-0.15, -0.1) is 0 Å². The van der Waals surface area contributed by atoms with Crippen LogP contribution in [0.3, 0.4) is 0 Å². The number of hydrogen-bond donors (Lipinski definition) is 1. The molecule has 0 aromatic carbocycles. The van der Waals surface area contributed by atoms with Gasteiger partial charge in [0, 0.05) is 25.8 Å². The minimum absolute atomic E-state index is 0.227. The van der Waals surface area contributed by atoms with Crippen molar-refractivity contribution >= 4 is 17.7 Å². The maximum Gasteiger partial charge on any atom is 0.222 e. The molecule has 0 aliphatic heterocycles. The van der Waals surface area contributed by atoms with Crippen LogP contribution in [0.25, 0.3) is 0 Å². The molecule has 0 fully saturated rings. The molecule has 0 aromatic rings. The van der Waals surface area contributed by atoms with Crippen molar-refractivity contribution in [1.82, 2.24) is 4.90 Å². The summed E-state index contributed by atoms with van der Waals surface area (Å²) in [6.45, 7) is 5.79. The van der Waals surface area contributed by atoms with Crippen molar-refractivity contribution in [2.75, 3.05) is 32.1 Å². The Bertz CT molecular complexity index is 197. The molecule has 0 radical (unpaired) electrons. The quantitative estimate of drug-likeness (QED) is 0.710. The Morgan fingerprint density at radius 1 is 1.44 bits per heavy atom. The number of thioether (sulfide) groups is 1. The average molecular weight is 246 g/mol. The number of amides is 1. The van der Waals surface area contributed by atoms with Crippen LogP contribution in [0, 0.1) is 11.8 Å². The molecular formula is C12H26N2OS. The molecule has 0 aliphatic carbocycles. The highest BCUT2D eigenvalue weighted by Crippen LogP contribution is 2.15. The fraction of sp³-hybridized carbons (Fsp3) is 0.917. The van der Waals surface area contributed by atoms with E-state index in [-0.39, 0.29) is 5.91 Å². The van der Waals surface area contributed by atoms with Gasteiger partial charge >= 0.3 is 0 Å². The first-order valence-corrected chi connectivity index (χ1v) is 7.33. The Morgan fingerprint density at radius 2 is 2.06 bits per heavy atom. The lowest BCUT2D eigenvalue weighted by Gasteiger charge is -2.21. The van der Waals surface area contributed by atoms with E-state index in [0.717, 1.165) is 18.7 Å². The topological polar surface area (TPSA) is 46.3 Å². The van der Waals surface area contributed by atoms with Crippen LogP contribution >= 0.6 is 11.8 Å². The predicted octanol–water partition coefficient (Wildman–Crippen LogP) is 1.82. The van der Waals surface area contributed by atoms with Crippen LogP contribution in [0.15, 0.2) is 0 Å². The van der Waals surface area contributed by atoms with Gasteiger partial charge in [0.05, 0.1) is 0 Å². The van der Waals surface area contributed by atoms with Crippen LogP contribution in [0.4, 0.5) is 0 Å². The predicted molar refractivity (Wildman–Crippen MR) is 72.6 cm³/mol. The lowest BCUT2D eigenvalue weighted by Crippen LogP contribution is -2.32. The molecule has 0 saturated heterocycles. The molecule has 0 bridgehead atoms. The van der Waals surface area contributed by atoms with E-state index in [2.05, 4.69) is 20.1 Å². The summed E-state index contributed by atoms with van der Waals surface area (Å²) in [5, 5.41) is 0. The van der Waals surface area contributed by atoms with E-state index >= 15 is 0 Å². The molecule has 0 aromatic heterocycles. The third kappa shape index (κ3) is 7.12. The molecule has 0 saturated carbocycles. The molecule has 0 spiro atoms. The number of carbonyl (C=O) groups is 1. The zero-order chi connectivity index (χ0) is 12.6. The Balaban J connectivity index is 3.98. The fourth-order valence-electron chi connectivity index (χ4n) is 1.69. The summed E-state index contributed by atoms with van der Waals surface area (Å²) in [4.78, 5) is 13.7. The number of carbonyl (C=O) groups excluding carboxylic acids is 1. The molecule has 4 heteroatoms. The van der Waals surface area contributed by atoms with Gasteiger partial charge in [0.2, 0.25) is 5.91 Å². The van der Waals surface area contributed by atoms with E-state index in [4.69, 9.17) is 5.73 Å². The Morgan fingerprint density at radius 3 is 2.50 bits per heavy atom. The van der Waals surface area contributed by atoms with Crippen LogP contribution in [0.5, 0.6) is 0 Å². The average Bonchev–Trinajstić information content (AvgIpc) is 2.23. The Labute approximate surface area is 104 Å². The smallest absolute Gasteiger partial charge is 0.222 e. The van der Waals surface area contributed by atoms with Gasteiger partial charge in [-0.25, -0.2) is 0 Å². The second kappa shape index (κ2) is 8.88. The van der Waals surface area contributed by atoms with E-state index in [1.807, 2.05) is 11.9 Å². The second-order valence-corrected chi connectivity index (χ2v) is 5.73. The molecular weight excluding hydrogens is 220 g/mol. The van der Waals surface area contributed by atoms with Crippen LogP contribution in [-0.4, -0.2) is 43.0 Å². The maximum atomic E-state index is 11.9. The first-order chi connectivity index (χ1) is 7.51. The molecule has 3 nitrogen and oxygen atoms in total. The van der Waals surface area contributed by atoms with Gasteiger partial charge in [-0.3, -0.25) is 4.79 Å². The zero-order valence-electron chi connectivity index (χ0n) is 11.0. The number of hydrogen-bond acceptors (Lipinski definition) is 3. The Kier molecular flexibility index (Phi) is 8.76. The van der Waals surface area contributed by atoms with Gasteiger partial charge in [0.1, 0.15) is 0 Å². The molecule has 96 valence electrons. The van der Waals surface area contributed by atoms with Crippen LogP contribution < -0.4 is 5.73 Å². The van der Waals surface area contributed by atoms with Crippen molar-refractivity contribution in [3.8, 4) is 0 Å². The summed E-state index contributed by atoms with van der Waals surface area (Å²) in [6.07, 6.45) is 3.69. The summed E-state index contributed by atoms with van der Waals surface area (Å²) in [6, 6.07) is 0. The van der Waals surface area contributed by atoms with Gasteiger partial charge in [0.15, 0.2) is 0 Å². The lowest BCUT2D eigenvalue weighted by molar-refractivity contribution is -0.130. The summed E-state index contributed by atoms with van der Waals surface area (Å²) < 4.78 is 0. The molecule has 1 amide bonds. The highest BCUT2D eigenvalue weighted by molar-refractivity contribution is 7.98. The summed E-state index contributed by atoms with van der Waals surface area (Å²) in [7, 11) is 1.88. The number of nitrogens with two attached hydrogens (primary N) is 1. The molecule has 0 heterocycles. The van der Waals surface area contributed by atoms with Crippen molar-refractivity contribution in [3.05, 3.63) is 0 Å². The second-order valence-electron chi connectivity index (χ2n) is 4.74. The lowest BCUT2D eigenvalue weighted by atomic mass is 9.94. The van der Waals surface area contributed by atoms with Gasteiger partial charge in [-0.05, 0) is 31.1 Å². The first kappa shape index (κ1) is 15.8. The number of rotatable bonds is 8. The van der Waals surface area contributed by atoms with Gasteiger partial charge < -0.3 is 10.6 Å². The standard InChI is InChI=1S/C12H26N2OS/c1-10(2)7-11(9-13)8-12(15)14(3)5-6-16-4/h10-11H,5-9,13H2,1-4H3/t11-/m0/s1. The van der Waals surface area contributed by atoms with Crippen LogP contribution in [-0.2, 0) is 4.79 Å². The minimum Gasteiger partial charge on any atom is -0.345 e. The third-order valence-electron chi connectivity index (χ3n) is 2.66. The molecule has 16 heavy (non-hydrogen) atoms. The highest BCUT2D eigenvalue weighted by Gasteiger charge is 2.16. The molecule has 0 rings (SSSR count). The monoisotopic (exact) mass is 246 g/mol. The molecule has 0 aliphatic rings. The molecule has 1 atom stereocenters. The van der Waals surface area contributed by atoms with E-state index in [1.165, 1.54) is 0 Å². The third-order valence-corrected chi connectivity index (χ3v) is 3.25. The molecule has 2 N–H and O–H groups in total. The minimum atomic E-state index is 0.227. The van der Waals surface area contributed by atoms with Crippen LogP contribution in [0.2, 0.25) is 0 Å². The van der Waals surface area contributed by atoms with E-state index in [1.54, 1.807) is 11.8 Å². The SMILES string of the molecule is CSCCN(C)C(=O)C[C@@H](CN)CC(C)C. The fourth-order valence-corrected chi connectivity index (χ4v) is 2.14. The summed E-state index contributed by atoms with van der Waals surface area (Å²) in [5.74, 6) is 2.17. The highest BCUT2D eigenvalue weighted by atomic mass is 32.2. The van der Waals surface area contributed by atoms with Gasteiger partial charge in [0.25, 0.3) is 0 Å². The van der Waals surface area contributed by atoms with Crippen LogP contribution in [0.1, 0.15) is 26.7 Å². The van der Waals surface area contributed by atoms with Gasteiger partial charge in [-0.1, -0.05) is 13.8 Å². The van der Waals surface area contributed by atoms with E-state index in [9.17, 15) is 4.79 Å². The van der Waals surface area contributed by atoms with Crippen molar-refractivity contribution in [2.24, 2.45) is 17.6 Å². The molecule has 0 unspecified atom stereocenters. The van der Waals surface area contributed by atoms with Crippen molar-refractivity contribution < 1.29 is 4.79 Å². The summed E-state index contributed by atoms with van der Waals surface area (Å²) in [5.41, 5.74) is 5.69. The van der Waals surface area contributed by atoms with Crippen molar-refractivity contribution in [3.63, 3.8) is 0 Å². The summed E-state index contributed by atoms with van der Waals surface area (Å²) >= 11 is 1.76. The van der Waals surface area contributed by atoms with Gasteiger partial charge in [-0.2, -0.15) is 11.8 Å². The van der Waals surface area contributed by atoms with Crippen molar-refractivity contribution in [2.45, 2.75) is 26.7 Å². The largest absolute Gasteiger partial charge is 0.345 e.